The molecule has 0 aliphatic heterocycles. The lowest BCUT2D eigenvalue weighted by Gasteiger charge is -2.06. The first kappa shape index (κ1) is 17.6. The molecule has 2 aromatic carbocycles. The number of anilines is 1. The maximum atomic E-state index is 13.2. The Balaban J connectivity index is 1.66. The van der Waals surface area contributed by atoms with E-state index in [1.54, 1.807) is 18.2 Å². The number of hydrogen-bond acceptors (Lipinski definition) is 4. The van der Waals surface area contributed by atoms with Crippen LogP contribution in [0.4, 0.5) is 9.52 Å². The number of fused-ring (bicyclic) bond motifs is 1. The van der Waals surface area contributed by atoms with E-state index in [9.17, 15) is 9.18 Å². The second kappa shape index (κ2) is 7.42. The summed E-state index contributed by atoms with van der Waals surface area (Å²) in [6.07, 6.45) is 1.76. The van der Waals surface area contributed by atoms with Crippen LogP contribution in [0.15, 0.2) is 59.3 Å². The van der Waals surface area contributed by atoms with Crippen LogP contribution in [-0.4, -0.2) is 10.9 Å². The lowest BCUT2D eigenvalue weighted by atomic mass is 10.0. The minimum atomic E-state index is -0.307. The molecule has 3 nitrogen and oxygen atoms in total. The van der Waals surface area contributed by atoms with Crippen LogP contribution in [0.25, 0.3) is 21.9 Å². The average molecular weight is 394 g/mol. The Morgan fingerprint density at radius 3 is 2.70 bits per heavy atom. The lowest BCUT2D eigenvalue weighted by molar-refractivity contribution is -0.111. The van der Waals surface area contributed by atoms with Gasteiger partial charge in [0.05, 0.1) is 10.2 Å². The minimum Gasteiger partial charge on any atom is -0.298 e. The maximum Gasteiger partial charge on any atom is 0.258 e. The topological polar surface area (TPSA) is 42.0 Å². The molecule has 2 heterocycles. The number of nitrogens with one attached hydrogen (secondary N) is 1. The fourth-order valence-electron chi connectivity index (χ4n) is 2.67. The van der Waals surface area contributed by atoms with Crippen molar-refractivity contribution >= 4 is 55.6 Å². The molecule has 0 unspecified atom stereocenters. The van der Waals surface area contributed by atoms with Crippen molar-refractivity contribution in [2.24, 2.45) is 0 Å². The Bertz CT molecular complexity index is 1130. The van der Waals surface area contributed by atoms with Crippen LogP contribution in [0.5, 0.6) is 0 Å². The first-order valence-corrected chi connectivity index (χ1v) is 10.0. The van der Waals surface area contributed by atoms with Gasteiger partial charge in [0, 0.05) is 5.57 Å². The molecule has 134 valence electrons. The molecule has 2 aromatic heterocycles. The second-order valence-corrected chi connectivity index (χ2v) is 7.88. The van der Waals surface area contributed by atoms with Gasteiger partial charge in [-0.05, 0) is 70.8 Å². The number of carbonyl (C=O) groups is 1. The van der Waals surface area contributed by atoms with Crippen LogP contribution in [0.2, 0.25) is 0 Å². The molecule has 0 spiro atoms. The molecule has 6 heteroatoms. The van der Waals surface area contributed by atoms with Crippen molar-refractivity contribution in [3.05, 3.63) is 81.8 Å². The number of hydrogen-bond donors (Lipinski definition) is 1. The summed E-state index contributed by atoms with van der Waals surface area (Å²) in [5.41, 5.74) is 4.10. The molecular formula is C21H15FN2OS2. The summed E-state index contributed by atoms with van der Waals surface area (Å²) in [6.45, 7) is 2.03. The van der Waals surface area contributed by atoms with Gasteiger partial charge in [-0.2, -0.15) is 11.3 Å². The van der Waals surface area contributed by atoms with Crippen LogP contribution >= 0.6 is 22.7 Å². The van der Waals surface area contributed by atoms with E-state index in [4.69, 9.17) is 0 Å². The van der Waals surface area contributed by atoms with E-state index >= 15 is 0 Å². The Kier molecular flexibility index (Phi) is 4.83. The number of amides is 1. The Morgan fingerprint density at radius 1 is 1.15 bits per heavy atom. The van der Waals surface area contributed by atoms with Gasteiger partial charge in [-0.1, -0.05) is 29.5 Å². The van der Waals surface area contributed by atoms with Crippen LogP contribution < -0.4 is 5.32 Å². The third kappa shape index (κ3) is 3.97. The number of aromatic nitrogens is 1. The summed E-state index contributed by atoms with van der Waals surface area (Å²) in [6, 6.07) is 13.9. The fourth-order valence-corrected chi connectivity index (χ4v) is 4.29. The normalized spacial score (nSPS) is 11.7. The number of halogens is 1. The molecule has 0 atom stereocenters. The SMILES string of the molecule is Cc1ccc2nc(NC(=O)/C(=C/c3ccc(F)cc3)c3ccsc3)sc2c1. The first-order valence-electron chi connectivity index (χ1n) is 8.27. The number of nitrogens with zero attached hydrogens (tertiary/aromatic N) is 1. The van der Waals surface area contributed by atoms with E-state index in [0.717, 1.165) is 26.9 Å². The van der Waals surface area contributed by atoms with Gasteiger partial charge in [-0.3, -0.25) is 10.1 Å². The summed E-state index contributed by atoms with van der Waals surface area (Å²) in [4.78, 5) is 17.4. The highest BCUT2D eigenvalue weighted by molar-refractivity contribution is 7.22. The lowest BCUT2D eigenvalue weighted by Crippen LogP contribution is -2.13. The van der Waals surface area contributed by atoms with E-state index < -0.39 is 0 Å². The third-order valence-corrected chi connectivity index (χ3v) is 5.64. The van der Waals surface area contributed by atoms with Crippen molar-refractivity contribution in [2.75, 3.05) is 5.32 Å². The van der Waals surface area contributed by atoms with Gasteiger partial charge in [0.25, 0.3) is 5.91 Å². The molecule has 4 rings (SSSR count). The molecule has 0 radical (unpaired) electrons. The van der Waals surface area contributed by atoms with Crippen molar-refractivity contribution in [1.82, 2.24) is 4.98 Å². The van der Waals surface area contributed by atoms with Gasteiger partial charge in [0.2, 0.25) is 0 Å². The van der Waals surface area contributed by atoms with Crippen molar-refractivity contribution in [3.63, 3.8) is 0 Å². The minimum absolute atomic E-state index is 0.242. The molecule has 4 aromatic rings. The maximum absolute atomic E-state index is 13.2. The molecule has 0 saturated carbocycles. The zero-order valence-electron chi connectivity index (χ0n) is 14.4. The molecule has 1 amide bonds. The summed E-state index contributed by atoms with van der Waals surface area (Å²) in [5, 5.41) is 7.29. The predicted octanol–water partition coefficient (Wildman–Crippen LogP) is 5.98. The molecule has 0 fully saturated rings. The molecule has 27 heavy (non-hydrogen) atoms. The number of thiazole rings is 1. The van der Waals surface area contributed by atoms with E-state index in [0.29, 0.717) is 10.7 Å². The highest BCUT2D eigenvalue weighted by atomic mass is 32.1. The number of rotatable bonds is 4. The van der Waals surface area contributed by atoms with Crippen LogP contribution in [0, 0.1) is 12.7 Å². The number of benzene rings is 2. The fraction of sp³-hybridized carbons (Fsp3) is 0.0476. The smallest absolute Gasteiger partial charge is 0.258 e. The Morgan fingerprint density at radius 2 is 1.96 bits per heavy atom. The highest BCUT2D eigenvalue weighted by Gasteiger charge is 2.15. The van der Waals surface area contributed by atoms with E-state index in [1.165, 1.54) is 34.8 Å². The Labute approximate surface area is 163 Å². The Hall–Kier alpha value is -2.83. The van der Waals surface area contributed by atoms with Gasteiger partial charge in [-0.15, -0.1) is 0 Å². The number of carbonyl (C=O) groups excluding carboxylic acids is 1. The van der Waals surface area contributed by atoms with Crippen LogP contribution in [0.1, 0.15) is 16.7 Å². The summed E-state index contributed by atoms with van der Waals surface area (Å²) < 4.78 is 14.2. The monoisotopic (exact) mass is 394 g/mol. The average Bonchev–Trinajstić information content (AvgIpc) is 3.30. The molecule has 0 bridgehead atoms. The molecular weight excluding hydrogens is 379 g/mol. The zero-order chi connectivity index (χ0) is 18.8. The van der Waals surface area contributed by atoms with Gasteiger partial charge in [0.1, 0.15) is 5.82 Å². The quantitative estimate of drug-likeness (QED) is 0.432. The third-order valence-electron chi connectivity index (χ3n) is 4.02. The van der Waals surface area contributed by atoms with Crippen molar-refractivity contribution in [2.45, 2.75) is 6.92 Å². The van der Waals surface area contributed by atoms with Crippen molar-refractivity contribution in [3.8, 4) is 0 Å². The van der Waals surface area contributed by atoms with E-state index in [-0.39, 0.29) is 11.7 Å². The predicted molar refractivity (Wildman–Crippen MR) is 112 cm³/mol. The molecule has 0 aliphatic carbocycles. The largest absolute Gasteiger partial charge is 0.298 e. The first-order chi connectivity index (χ1) is 13.1. The zero-order valence-corrected chi connectivity index (χ0v) is 16.0. The van der Waals surface area contributed by atoms with Gasteiger partial charge in [0.15, 0.2) is 5.13 Å². The number of thiophene rings is 1. The number of aryl methyl sites for hydroxylation is 1. The van der Waals surface area contributed by atoms with Crippen LogP contribution in [-0.2, 0) is 4.79 Å². The molecule has 0 aliphatic rings. The van der Waals surface area contributed by atoms with Crippen molar-refractivity contribution in [1.29, 1.82) is 0 Å². The summed E-state index contributed by atoms with van der Waals surface area (Å²) in [5.74, 6) is -0.549. The highest BCUT2D eigenvalue weighted by Crippen LogP contribution is 2.28. The van der Waals surface area contributed by atoms with Gasteiger partial charge < -0.3 is 0 Å². The van der Waals surface area contributed by atoms with Gasteiger partial charge in [-0.25, -0.2) is 9.37 Å². The molecule has 1 N–H and O–H groups in total. The second-order valence-electron chi connectivity index (χ2n) is 6.07. The summed E-state index contributed by atoms with van der Waals surface area (Å²) in [7, 11) is 0. The summed E-state index contributed by atoms with van der Waals surface area (Å²) >= 11 is 2.96. The van der Waals surface area contributed by atoms with E-state index in [1.807, 2.05) is 35.9 Å². The molecule has 0 saturated heterocycles. The van der Waals surface area contributed by atoms with E-state index in [2.05, 4.69) is 16.4 Å². The standard InChI is InChI=1S/C21H15FN2OS2/c1-13-2-7-18-19(10-13)27-21(23-18)24-20(25)17(15-8-9-26-12-15)11-14-3-5-16(22)6-4-14/h2-12H,1H3,(H,23,24,25)/b17-11+. The van der Waals surface area contributed by atoms with Gasteiger partial charge >= 0.3 is 0 Å². The van der Waals surface area contributed by atoms with Crippen molar-refractivity contribution < 1.29 is 9.18 Å². The van der Waals surface area contributed by atoms with Crippen LogP contribution in [0.3, 0.4) is 0 Å².